The van der Waals surface area contributed by atoms with Crippen molar-refractivity contribution in [2.24, 2.45) is 11.5 Å². The lowest BCUT2D eigenvalue weighted by molar-refractivity contribution is -0.120. The zero-order valence-electron chi connectivity index (χ0n) is 10.9. The van der Waals surface area contributed by atoms with Crippen LogP contribution in [0, 0.1) is 6.92 Å². The number of rotatable bonds is 6. The molecule has 1 aromatic rings. The van der Waals surface area contributed by atoms with E-state index in [9.17, 15) is 18.0 Å². The topological polar surface area (TPSA) is 150 Å². The van der Waals surface area contributed by atoms with E-state index in [4.69, 9.17) is 17.2 Å². The van der Waals surface area contributed by atoms with Crippen LogP contribution >= 0.6 is 0 Å². The van der Waals surface area contributed by atoms with E-state index in [2.05, 4.69) is 0 Å². The largest absolute Gasteiger partial charge is 0.398 e. The predicted octanol–water partition coefficient (Wildman–Crippen LogP) is -1.46. The fourth-order valence-corrected chi connectivity index (χ4v) is 2.91. The van der Waals surface area contributed by atoms with E-state index in [0.717, 1.165) is 0 Å². The van der Waals surface area contributed by atoms with Gasteiger partial charge in [0, 0.05) is 5.69 Å². The predicted molar refractivity (Wildman–Crippen MR) is 72.7 cm³/mol. The van der Waals surface area contributed by atoms with Crippen LogP contribution < -0.4 is 17.2 Å². The molecule has 0 radical (unpaired) electrons. The van der Waals surface area contributed by atoms with Crippen LogP contribution in [0.2, 0.25) is 0 Å². The van der Waals surface area contributed by atoms with Crippen LogP contribution in [0.1, 0.15) is 5.56 Å². The second-order valence-corrected chi connectivity index (χ2v) is 6.16. The Bertz CT molecular complexity index is 626. The van der Waals surface area contributed by atoms with Crippen molar-refractivity contribution < 1.29 is 18.0 Å². The van der Waals surface area contributed by atoms with E-state index in [-0.39, 0.29) is 10.6 Å². The fourth-order valence-electron chi connectivity index (χ4n) is 1.50. The number of sulfonamides is 1. The lowest BCUT2D eigenvalue weighted by atomic mass is 10.2. The molecule has 0 aromatic heterocycles. The van der Waals surface area contributed by atoms with Crippen LogP contribution in [0.3, 0.4) is 0 Å². The normalized spacial score (nSPS) is 11.5. The van der Waals surface area contributed by atoms with Crippen molar-refractivity contribution in [2.75, 3.05) is 18.8 Å². The van der Waals surface area contributed by atoms with Gasteiger partial charge in [-0.15, -0.1) is 0 Å². The Labute approximate surface area is 116 Å². The number of primary amides is 2. The second-order valence-electron chi connectivity index (χ2n) is 4.22. The molecule has 0 bridgehead atoms. The first-order valence-corrected chi connectivity index (χ1v) is 7.01. The zero-order chi connectivity index (χ0) is 15.5. The molecule has 8 nitrogen and oxygen atoms in total. The Morgan fingerprint density at radius 1 is 1.15 bits per heavy atom. The molecule has 0 spiro atoms. The third kappa shape index (κ3) is 3.68. The number of carbonyl (C=O) groups excluding carboxylic acids is 2. The first-order chi connectivity index (χ1) is 9.14. The van der Waals surface area contributed by atoms with Gasteiger partial charge in [0.2, 0.25) is 21.8 Å². The maximum absolute atomic E-state index is 12.3. The summed E-state index contributed by atoms with van der Waals surface area (Å²) in [5.74, 6) is -1.79. The molecule has 0 saturated carbocycles. The Kier molecular flexibility index (Phi) is 4.69. The Balaban J connectivity index is 3.24. The standard InChI is InChI=1S/C11H16N4O4S/c1-7-2-3-8(4-9(7)12)20(18,19)15(5-10(13)16)6-11(14)17/h2-4H,5-6,12H2,1H3,(H2,13,16)(H2,14,17). The molecule has 110 valence electrons. The molecule has 0 heterocycles. The first-order valence-electron chi connectivity index (χ1n) is 5.57. The Hall–Kier alpha value is -2.13. The highest BCUT2D eigenvalue weighted by atomic mass is 32.2. The summed E-state index contributed by atoms with van der Waals surface area (Å²) in [4.78, 5) is 21.7. The van der Waals surface area contributed by atoms with E-state index in [1.807, 2.05) is 0 Å². The van der Waals surface area contributed by atoms with E-state index in [0.29, 0.717) is 9.87 Å². The number of aryl methyl sites for hydroxylation is 1. The molecule has 20 heavy (non-hydrogen) atoms. The van der Waals surface area contributed by atoms with Gasteiger partial charge in [-0.1, -0.05) is 6.07 Å². The van der Waals surface area contributed by atoms with Crippen LogP contribution in [0.4, 0.5) is 5.69 Å². The monoisotopic (exact) mass is 300 g/mol. The lowest BCUT2D eigenvalue weighted by Gasteiger charge is -2.19. The Morgan fingerprint density at radius 3 is 2.05 bits per heavy atom. The molecule has 2 amide bonds. The van der Waals surface area contributed by atoms with Crippen molar-refractivity contribution in [3.63, 3.8) is 0 Å². The number of hydrogen-bond donors (Lipinski definition) is 3. The van der Waals surface area contributed by atoms with Crippen molar-refractivity contribution in [1.82, 2.24) is 4.31 Å². The molecule has 0 saturated heterocycles. The third-order valence-electron chi connectivity index (χ3n) is 2.55. The van der Waals surface area contributed by atoms with Crippen molar-refractivity contribution in [3.05, 3.63) is 23.8 Å². The van der Waals surface area contributed by atoms with Crippen LogP contribution in [0.25, 0.3) is 0 Å². The molecule has 1 rings (SSSR count). The maximum atomic E-state index is 12.3. The lowest BCUT2D eigenvalue weighted by Crippen LogP contribution is -2.43. The summed E-state index contributed by atoms with van der Waals surface area (Å²) in [6.45, 7) is 0.439. The van der Waals surface area contributed by atoms with Crippen LogP contribution in [-0.2, 0) is 19.6 Å². The summed E-state index contributed by atoms with van der Waals surface area (Å²) >= 11 is 0. The zero-order valence-corrected chi connectivity index (χ0v) is 11.7. The molecule has 6 N–H and O–H groups in total. The summed E-state index contributed by atoms with van der Waals surface area (Å²) in [7, 11) is -4.08. The minimum absolute atomic E-state index is 0.136. The highest BCUT2D eigenvalue weighted by Crippen LogP contribution is 2.20. The molecule has 0 fully saturated rings. The second kappa shape index (κ2) is 5.88. The highest BCUT2D eigenvalue weighted by molar-refractivity contribution is 7.89. The minimum Gasteiger partial charge on any atom is -0.398 e. The molecule has 0 atom stereocenters. The van der Waals surface area contributed by atoms with E-state index >= 15 is 0 Å². The summed E-state index contributed by atoms with van der Waals surface area (Å²) in [5.41, 5.74) is 16.6. The summed E-state index contributed by atoms with van der Waals surface area (Å²) in [6, 6.07) is 4.10. The smallest absolute Gasteiger partial charge is 0.244 e. The van der Waals surface area contributed by atoms with Crippen LogP contribution in [-0.4, -0.2) is 37.6 Å². The van der Waals surface area contributed by atoms with Crippen molar-refractivity contribution in [2.45, 2.75) is 11.8 Å². The molecule has 0 unspecified atom stereocenters. The van der Waals surface area contributed by atoms with Crippen LogP contribution in [0.15, 0.2) is 23.1 Å². The maximum Gasteiger partial charge on any atom is 0.244 e. The van der Waals surface area contributed by atoms with Gasteiger partial charge in [0.05, 0.1) is 18.0 Å². The fraction of sp³-hybridized carbons (Fsp3) is 0.273. The van der Waals surface area contributed by atoms with Gasteiger partial charge in [0.1, 0.15) is 0 Å². The number of anilines is 1. The summed E-state index contributed by atoms with van der Waals surface area (Å²) < 4.78 is 25.3. The number of benzene rings is 1. The average Bonchev–Trinajstić information content (AvgIpc) is 2.30. The minimum atomic E-state index is -4.08. The molecule has 0 aliphatic rings. The van der Waals surface area contributed by atoms with Crippen molar-refractivity contribution >= 4 is 27.5 Å². The Morgan fingerprint density at radius 2 is 1.65 bits per heavy atom. The van der Waals surface area contributed by atoms with Gasteiger partial charge in [-0.25, -0.2) is 8.42 Å². The van der Waals surface area contributed by atoms with Gasteiger partial charge in [-0.05, 0) is 24.6 Å². The summed E-state index contributed by atoms with van der Waals surface area (Å²) in [5, 5.41) is 0. The first kappa shape index (κ1) is 15.9. The van der Waals surface area contributed by atoms with E-state index < -0.39 is 34.9 Å². The van der Waals surface area contributed by atoms with Gasteiger partial charge in [-0.3, -0.25) is 9.59 Å². The number of carbonyl (C=O) groups is 2. The highest BCUT2D eigenvalue weighted by Gasteiger charge is 2.27. The van der Waals surface area contributed by atoms with Crippen molar-refractivity contribution in [3.8, 4) is 0 Å². The van der Waals surface area contributed by atoms with Crippen molar-refractivity contribution in [1.29, 1.82) is 0 Å². The number of nitrogens with zero attached hydrogens (tertiary/aromatic N) is 1. The molecule has 1 aromatic carbocycles. The van der Waals surface area contributed by atoms with Gasteiger partial charge >= 0.3 is 0 Å². The number of nitrogen functional groups attached to an aromatic ring is 1. The molecule has 9 heteroatoms. The number of hydrogen-bond acceptors (Lipinski definition) is 5. The van der Waals surface area contributed by atoms with Gasteiger partial charge in [0.25, 0.3) is 0 Å². The summed E-state index contributed by atoms with van der Waals surface area (Å²) in [6.07, 6.45) is 0. The molecule has 0 aliphatic heterocycles. The van der Waals surface area contributed by atoms with Gasteiger partial charge in [0.15, 0.2) is 0 Å². The third-order valence-corrected chi connectivity index (χ3v) is 4.34. The molecular formula is C11H16N4O4S. The number of amides is 2. The van der Waals surface area contributed by atoms with Gasteiger partial charge < -0.3 is 17.2 Å². The van der Waals surface area contributed by atoms with E-state index in [1.54, 1.807) is 6.92 Å². The SMILES string of the molecule is Cc1ccc(S(=O)(=O)N(CC(N)=O)CC(N)=O)cc1N. The molecule has 0 aliphatic carbocycles. The van der Waals surface area contributed by atoms with E-state index in [1.165, 1.54) is 18.2 Å². The van der Waals surface area contributed by atoms with Gasteiger partial charge in [-0.2, -0.15) is 4.31 Å². The molecular weight excluding hydrogens is 284 g/mol. The number of nitrogens with two attached hydrogens (primary N) is 3. The average molecular weight is 300 g/mol. The quantitative estimate of drug-likeness (QED) is 0.549. The van der Waals surface area contributed by atoms with Crippen LogP contribution in [0.5, 0.6) is 0 Å².